The molecule has 0 unspecified atom stereocenters. The van der Waals surface area contributed by atoms with Gasteiger partial charge in [0, 0.05) is 58.4 Å². The summed E-state index contributed by atoms with van der Waals surface area (Å²) in [4.78, 5) is 8.56. The minimum atomic E-state index is -2.72. The van der Waals surface area contributed by atoms with Crippen molar-refractivity contribution in [3.8, 4) is 33.6 Å². The molecule has 0 fully saturated rings. The number of benzene rings is 6. The van der Waals surface area contributed by atoms with Crippen molar-refractivity contribution in [2.45, 2.75) is 34.3 Å². The maximum absolute atomic E-state index is 8.17. The molecule has 51 heavy (non-hydrogen) atoms. The number of furan rings is 1. The molecule has 0 N–H and O–H groups in total. The Morgan fingerprint density at radius 2 is 1.39 bits per heavy atom. The smallest absolute Gasteiger partial charge is 0.121 e. The summed E-state index contributed by atoms with van der Waals surface area (Å²) < 4.78 is 122. The average Bonchev–Trinajstić information content (AvgIpc) is 3.61. The molecule has 9 rings (SSSR count). The number of pyridine rings is 2. The Balaban J connectivity index is 0.000000260. The molecule has 0 amide bonds. The first kappa shape index (κ1) is 20.4. The van der Waals surface area contributed by atoms with E-state index in [0.29, 0.717) is 33.7 Å². The van der Waals surface area contributed by atoms with E-state index in [1.54, 1.807) is 18.2 Å². The Bertz CT molecular complexity index is 3180. The van der Waals surface area contributed by atoms with Gasteiger partial charge in [-0.15, -0.1) is 53.6 Å². The van der Waals surface area contributed by atoms with Crippen LogP contribution in [0.2, 0.25) is 0 Å². The molecule has 0 saturated carbocycles. The predicted octanol–water partition coefficient (Wildman–Crippen LogP) is 12.5. The van der Waals surface area contributed by atoms with Gasteiger partial charge < -0.3 is 14.4 Å². The van der Waals surface area contributed by atoms with E-state index in [-0.39, 0.29) is 59.0 Å². The van der Waals surface area contributed by atoms with Crippen molar-refractivity contribution < 1.29 is 45.1 Å². The minimum Gasteiger partial charge on any atom is -0.501 e. The van der Waals surface area contributed by atoms with E-state index < -0.39 is 34.3 Å². The molecule has 3 aromatic heterocycles. The van der Waals surface area contributed by atoms with Gasteiger partial charge in [0.25, 0.3) is 0 Å². The summed E-state index contributed by atoms with van der Waals surface area (Å²) in [6.45, 7) is -12.2. The third-order valence-electron chi connectivity index (χ3n) is 8.62. The standard InChI is InChI=1S/C34H24NO.C13H12N.Ir/c1-20-11-14-25(21(2)15-20)29-17-32(35-19-22(29)3)28-10-6-9-27-31-16-24-13-12-23-7-4-5-8-26(23)30(24)18-33(31)36-34(27)28;1-10-3-6-12(7-4-10)13-8-5-11(2)9-14-13;/h4-9,11-19H,1-3H3;3-6,8-9H,1-2H3;/q2*-1;/i1D3,2D3,3D3;1D3,2D3;. The number of hydrogen-bond acceptors (Lipinski definition) is 3. The number of rotatable bonds is 3. The third-order valence-corrected chi connectivity index (χ3v) is 8.62. The predicted molar refractivity (Wildman–Crippen MR) is 208 cm³/mol. The fourth-order valence-electron chi connectivity index (χ4n) is 6.16. The molecule has 0 bridgehead atoms. The Morgan fingerprint density at radius 1 is 0.569 bits per heavy atom. The number of aromatic nitrogens is 2. The molecule has 0 atom stereocenters. The zero-order chi connectivity index (χ0) is 46.9. The number of aryl methyl sites for hydroxylation is 5. The first-order chi connectivity index (χ1) is 30.4. The van der Waals surface area contributed by atoms with Gasteiger partial charge in [0.1, 0.15) is 5.58 Å². The summed E-state index contributed by atoms with van der Waals surface area (Å²) in [5, 5.41) is 6.03. The molecule has 0 aliphatic heterocycles. The molecule has 0 saturated heterocycles. The molecular formula is C47H36IrN2O-2. The van der Waals surface area contributed by atoms with E-state index >= 15 is 0 Å². The van der Waals surface area contributed by atoms with Crippen molar-refractivity contribution >= 4 is 43.5 Å². The SMILES string of the molecule is [2H]C([2H])([2H])c1c[c-]c(-c2ccc(C([2H])([2H])[2H])cn2)cc1.[2H]C([2H])([2H])c1ccc(-c2cc(-c3[c-]ccc4c3oc3cc5c(ccc6ccccc65)cc34)ncc2C([2H])([2H])[2H])c(C([2H])([2H])[2H])c1.[Ir]. The van der Waals surface area contributed by atoms with Crippen LogP contribution < -0.4 is 0 Å². The summed E-state index contributed by atoms with van der Waals surface area (Å²) in [7, 11) is 0. The van der Waals surface area contributed by atoms with E-state index in [4.69, 9.17) is 25.0 Å². The second-order valence-electron chi connectivity index (χ2n) is 11.9. The quantitative estimate of drug-likeness (QED) is 0.131. The number of hydrogen-bond donors (Lipinski definition) is 0. The van der Waals surface area contributed by atoms with Gasteiger partial charge in [0.15, 0.2) is 0 Å². The van der Waals surface area contributed by atoms with Gasteiger partial charge >= 0.3 is 0 Å². The zero-order valence-corrected chi connectivity index (χ0v) is 29.2. The average molecular weight is 852 g/mol. The molecule has 4 heteroatoms. The van der Waals surface area contributed by atoms with Crippen LogP contribution in [0.3, 0.4) is 0 Å². The van der Waals surface area contributed by atoms with Crippen molar-refractivity contribution in [2.24, 2.45) is 0 Å². The topological polar surface area (TPSA) is 38.9 Å². The normalized spacial score (nSPS) is 16.7. The van der Waals surface area contributed by atoms with Crippen LogP contribution >= 0.6 is 0 Å². The molecule has 3 nitrogen and oxygen atoms in total. The first-order valence-electron chi connectivity index (χ1n) is 23.2. The summed E-state index contributed by atoms with van der Waals surface area (Å²) in [5.74, 6) is 0. The van der Waals surface area contributed by atoms with Crippen LogP contribution in [0.5, 0.6) is 0 Å². The summed E-state index contributed by atoms with van der Waals surface area (Å²) in [6, 6.07) is 39.0. The summed E-state index contributed by atoms with van der Waals surface area (Å²) in [5.41, 5.74) is 3.15. The molecule has 3 heterocycles. The van der Waals surface area contributed by atoms with Gasteiger partial charge in [-0.2, -0.15) is 0 Å². The first-order valence-corrected chi connectivity index (χ1v) is 15.7. The van der Waals surface area contributed by atoms with E-state index in [9.17, 15) is 0 Å². The van der Waals surface area contributed by atoms with Crippen LogP contribution in [0, 0.1) is 46.4 Å². The van der Waals surface area contributed by atoms with Gasteiger partial charge in [-0.1, -0.05) is 96.2 Å². The monoisotopic (exact) mass is 852 g/mol. The van der Waals surface area contributed by atoms with Crippen LogP contribution in [0.15, 0.2) is 132 Å². The van der Waals surface area contributed by atoms with Gasteiger partial charge in [-0.25, -0.2) is 0 Å². The fourth-order valence-corrected chi connectivity index (χ4v) is 6.16. The number of fused-ring (bicyclic) bond motifs is 6. The molecular weight excluding hydrogens is 801 g/mol. The van der Waals surface area contributed by atoms with Crippen LogP contribution in [0.4, 0.5) is 0 Å². The van der Waals surface area contributed by atoms with Crippen LogP contribution in [0.25, 0.3) is 77.1 Å². The molecule has 0 aliphatic rings. The maximum Gasteiger partial charge on any atom is 0.121 e. The van der Waals surface area contributed by atoms with Crippen LogP contribution in [0.1, 0.15) is 48.4 Å². The van der Waals surface area contributed by atoms with Crippen molar-refractivity contribution in [2.75, 3.05) is 0 Å². The molecule has 0 aliphatic carbocycles. The maximum atomic E-state index is 8.17. The molecule has 6 aromatic carbocycles. The van der Waals surface area contributed by atoms with E-state index in [1.807, 2.05) is 24.3 Å². The summed E-state index contributed by atoms with van der Waals surface area (Å²) >= 11 is 0. The second kappa shape index (κ2) is 14.1. The second-order valence-corrected chi connectivity index (χ2v) is 11.9. The number of nitrogens with zero attached hydrogens (tertiary/aromatic N) is 2. The van der Waals surface area contributed by atoms with Crippen molar-refractivity contribution in [3.05, 3.63) is 168 Å². The van der Waals surface area contributed by atoms with E-state index in [2.05, 4.69) is 52.4 Å². The van der Waals surface area contributed by atoms with Gasteiger partial charge in [-0.05, 0) is 100 Å². The minimum absolute atomic E-state index is 0. The Labute approximate surface area is 333 Å². The zero-order valence-electron chi connectivity index (χ0n) is 41.8. The van der Waals surface area contributed by atoms with Gasteiger partial charge in [0.2, 0.25) is 0 Å². The van der Waals surface area contributed by atoms with Crippen LogP contribution in [-0.2, 0) is 20.1 Å². The molecule has 9 aromatic rings. The summed E-state index contributed by atoms with van der Waals surface area (Å²) in [6.07, 6.45) is 2.52. The fraction of sp³-hybridized carbons (Fsp3) is 0.106. The van der Waals surface area contributed by atoms with Crippen molar-refractivity contribution in [1.82, 2.24) is 9.97 Å². The van der Waals surface area contributed by atoms with E-state index in [1.165, 1.54) is 48.8 Å². The van der Waals surface area contributed by atoms with E-state index in [0.717, 1.165) is 38.4 Å². The Morgan fingerprint density at radius 3 is 2.20 bits per heavy atom. The molecule has 0 spiro atoms. The van der Waals surface area contributed by atoms with Gasteiger partial charge in [0.05, 0.1) is 5.58 Å². The Hall–Kier alpha value is -5.41. The largest absolute Gasteiger partial charge is 0.501 e. The van der Waals surface area contributed by atoms with Crippen molar-refractivity contribution in [1.29, 1.82) is 0 Å². The third kappa shape index (κ3) is 6.61. The van der Waals surface area contributed by atoms with Gasteiger partial charge in [-0.3, -0.25) is 0 Å². The molecule has 251 valence electrons. The van der Waals surface area contributed by atoms with Crippen molar-refractivity contribution in [3.63, 3.8) is 0 Å². The molecule has 1 radical (unpaired) electrons. The Kier molecular flexibility index (Phi) is 5.64. The van der Waals surface area contributed by atoms with Crippen LogP contribution in [-0.4, -0.2) is 9.97 Å².